The number of nitrogens with zero attached hydrogens (tertiary/aromatic N) is 1. The zero-order valence-corrected chi connectivity index (χ0v) is 10.4. The standard InChI is InChI=1S/C13H16N4O2/c14-11-7-3-6-10(16-11)13(19)17-9-5-2-1-4-8(9)12(15)18/h1-3,6-9H,4-5H2,(H2,14,16)(H2,15,18)(H,17,19)/t8-,9-/m0/s1. The zero-order valence-electron chi connectivity index (χ0n) is 10.4. The van der Waals surface area contributed by atoms with Crippen LogP contribution in [0.4, 0.5) is 5.82 Å². The molecule has 1 aromatic rings. The summed E-state index contributed by atoms with van der Waals surface area (Å²) in [5, 5.41) is 2.78. The Morgan fingerprint density at radius 2 is 2.00 bits per heavy atom. The molecule has 1 aromatic heterocycles. The second kappa shape index (κ2) is 5.51. The first kappa shape index (κ1) is 13.1. The van der Waals surface area contributed by atoms with Crippen LogP contribution >= 0.6 is 0 Å². The lowest BCUT2D eigenvalue weighted by atomic mass is 9.88. The molecule has 2 atom stereocenters. The summed E-state index contributed by atoms with van der Waals surface area (Å²) in [7, 11) is 0. The third-order valence-electron chi connectivity index (χ3n) is 3.12. The molecule has 0 aliphatic heterocycles. The van der Waals surface area contributed by atoms with E-state index in [0.29, 0.717) is 12.8 Å². The molecule has 6 heteroatoms. The molecule has 0 spiro atoms. The quantitative estimate of drug-likeness (QED) is 0.675. The Hall–Kier alpha value is -2.37. The number of rotatable bonds is 3. The highest BCUT2D eigenvalue weighted by atomic mass is 16.2. The van der Waals surface area contributed by atoms with E-state index in [4.69, 9.17) is 11.5 Å². The van der Waals surface area contributed by atoms with Crippen LogP contribution in [0.3, 0.4) is 0 Å². The van der Waals surface area contributed by atoms with Crippen molar-refractivity contribution in [1.82, 2.24) is 10.3 Å². The molecule has 100 valence electrons. The fourth-order valence-corrected chi connectivity index (χ4v) is 2.11. The van der Waals surface area contributed by atoms with Gasteiger partial charge in [-0.3, -0.25) is 9.59 Å². The summed E-state index contributed by atoms with van der Waals surface area (Å²) in [6.45, 7) is 0. The highest BCUT2D eigenvalue weighted by molar-refractivity contribution is 5.93. The molecular weight excluding hydrogens is 244 g/mol. The summed E-state index contributed by atoms with van der Waals surface area (Å²) in [5.74, 6) is -0.855. The number of carbonyl (C=O) groups excluding carboxylic acids is 2. The molecule has 1 aliphatic carbocycles. The van der Waals surface area contributed by atoms with Gasteiger partial charge in [0.1, 0.15) is 11.5 Å². The lowest BCUT2D eigenvalue weighted by molar-refractivity contribution is -0.122. The molecule has 1 aliphatic rings. The Labute approximate surface area is 110 Å². The van der Waals surface area contributed by atoms with Gasteiger partial charge in [-0.05, 0) is 25.0 Å². The van der Waals surface area contributed by atoms with Crippen molar-refractivity contribution in [3.05, 3.63) is 36.0 Å². The van der Waals surface area contributed by atoms with E-state index in [9.17, 15) is 9.59 Å². The zero-order chi connectivity index (χ0) is 13.8. The van der Waals surface area contributed by atoms with E-state index in [2.05, 4.69) is 10.3 Å². The van der Waals surface area contributed by atoms with Gasteiger partial charge < -0.3 is 16.8 Å². The van der Waals surface area contributed by atoms with E-state index in [0.717, 1.165) is 0 Å². The number of pyridine rings is 1. The van der Waals surface area contributed by atoms with Crippen molar-refractivity contribution in [2.45, 2.75) is 18.9 Å². The van der Waals surface area contributed by atoms with Gasteiger partial charge in [0.15, 0.2) is 0 Å². The smallest absolute Gasteiger partial charge is 0.270 e. The van der Waals surface area contributed by atoms with Crippen LogP contribution in [0.15, 0.2) is 30.4 Å². The molecule has 0 saturated carbocycles. The molecule has 0 bridgehead atoms. The second-order valence-corrected chi connectivity index (χ2v) is 4.48. The van der Waals surface area contributed by atoms with Crippen molar-refractivity contribution in [1.29, 1.82) is 0 Å². The molecule has 0 fully saturated rings. The van der Waals surface area contributed by atoms with E-state index in [1.807, 2.05) is 12.2 Å². The molecule has 2 amide bonds. The van der Waals surface area contributed by atoms with Crippen LogP contribution in [0.2, 0.25) is 0 Å². The van der Waals surface area contributed by atoms with Crippen LogP contribution in [0.5, 0.6) is 0 Å². The third kappa shape index (κ3) is 3.09. The van der Waals surface area contributed by atoms with Gasteiger partial charge in [-0.1, -0.05) is 18.2 Å². The average Bonchev–Trinajstić information content (AvgIpc) is 2.39. The van der Waals surface area contributed by atoms with Crippen molar-refractivity contribution in [2.24, 2.45) is 11.7 Å². The first-order chi connectivity index (χ1) is 9.08. The Balaban J connectivity index is 2.09. The third-order valence-corrected chi connectivity index (χ3v) is 3.12. The maximum absolute atomic E-state index is 12.0. The minimum atomic E-state index is -0.407. The van der Waals surface area contributed by atoms with E-state index in [1.165, 1.54) is 0 Å². The second-order valence-electron chi connectivity index (χ2n) is 4.48. The number of nitrogen functional groups attached to an aromatic ring is 1. The van der Waals surface area contributed by atoms with E-state index >= 15 is 0 Å². The fraction of sp³-hybridized carbons (Fsp3) is 0.308. The van der Waals surface area contributed by atoms with Crippen LogP contribution in [0.25, 0.3) is 0 Å². The van der Waals surface area contributed by atoms with Crippen LogP contribution in [0, 0.1) is 5.92 Å². The minimum Gasteiger partial charge on any atom is -0.384 e. The van der Waals surface area contributed by atoms with Crippen molar-refractivity contribution in [2.75, 3.05) is 5.73 Å². The SMILES string of the molecule is NC(=O)[C@H]1CC=CC[C@@H]1NC(=O)c1cccc(N)n1. The number of anilines is 1. The molecule has 2 rings (SSSR count). The van der Waals surface area contributed by atoms with Crippen LogP contribution in [-0.4, -0.2) is 22.8 Å². The normalized spacial score (nSPS) is 21.9. The van der Waals surface area contributed by atoms with Gasteiger partial charge in [-0.2, -0.15) is 0 Å². The molecular formula is C13H16N4O2. The number of hydrogen-bond donors (Lipinski definition) is 3. The summed E-state index contributed by atoms with van der Waals surface area (Å²) >= 11 is 0. The predicted octanol–water partition coefficient (Wildman–Crippen LogP) is 0.214. The molecule has 0 saturated heterocycles. The van der Waals surface area contributed by atoms with Gasteiger partial charge in [-0.25, -0.2) is 4.98 Å². The van der Waals surface area contributed by atoms with Gasteiger partial charge in [0, 0.05) is 6.04 Å². The van der Waals surface area contributed by atoms with Crippen molar-refractivity contribution >= 4 is 17.6 Å². The number of primary amides is 1. The lowest BCUT2D eigenvalue weighted by Crippen LogP contribution is -2.46. The van der Waals surface area contributed by atoms with Crippen LogP contribution < -0.4 is 16.8 Å². The van der Waals surface area contributed by atoms with Crippen molar-refractivity contribution in [3.8, 4) is 0 Å². The molecule has 0 radical (unpaired) electrons. The van der Waals surface area contributed by atoms with Crippen molar-refractivity contribution < 1.29 is 9.59 Å². The number of amides is 2. The summed E-state index contributed by atoms with van der Waals surface area (Å²) in [6.07, 6.45) is 4.96. The number of carbonyl (C=O) groups is 2. The summed E-state index contributed by atoms with van der Waals surface area (Å²) in [6, 6.07) is 4.54. The molecule has 1 heterocycles. The summed E-state index contributed by atoms with van der Waals surface area (Å²) < 4.78 is 0. The van der Waals surface area contributed by atoms with Crippen LogP contribution in [0.1, 0.15) is 23.3 Å². The van der Waals surface area contributed by atoms with Gasteiger partial charge in [0.25, 0.3) is 5.91 Å². The van der Waals surface area contributed by atoms with Crippen molar-refractivity contribution in [3.63, 3.8) is 0 Å². The monoisotopic (exact) mass is 260 g/mol. The highest BCUT2D eigenvalue weighted by Gasteiger charge is 2.28. The number of nitrogens with two attached hydrogens (primary N) is 2. The van der Waals surface area contributed by atoms with Gasteiger partial charge in [0.05, 0.1) is 5.92 Å². The lowest BCUT2D eigenvalue weighted by Gasteiger charge is -2.26. The van der Waals surface area contributed by atoms with Gasteiger partial charge in [0.2, 0.25) is 5.91 Å². The first-order valence-corrected chi connectivity index (χ1v) is 6.05. The Kier molecular flexibility index (Phi) is 3.79. The topological polar surface area (TPSA) is 111 Å². The number of aromatic nitrogens is 1. The highest BCUT2D eigenvalue weighted by Crippen LogP contribution is 2.19. The maximum atomic E-state index is 12.0. The molecule has 5 N–H and O–H groups in total. The summed E-state index contributed by atoms with van der Waals surface area (Å²) in [5.41, 5.74) is 11.1. The number of allylic oxidation sites excluding steroid dienone is 1. The minimum absolute atomic E-state index is 0.234. The van der Waals surface area contributed by atoms with E-state index in [-0.39, 0.29) is 29.4 Å². The maximum Gasteiger partial charge on any atom is 0.270 e. The molecule has 0 unspecified atom stereocenters. The fourth-order valence-electron chi connectivity index (χ4n) is 2.11. The van der Waals surface area contributed by atoms with E-state index in [1.54, 1.807) is 18.2 Å². The van der Waals surface area contributed by atoms with Crippen LogP contribution in [-0.2, 0) is 4.79 Å². The Bertz CT molecular complexity index is 527. The predicted molar refractivity (Wildman–Crippen MR) is 71.0 cm³/mol. The average molecular weight is 260 g/mol. The van der Waals surface area contributed by atoms with Gasteiger partial charge in [-0.15, -0.1) is 0 Å². The number of nitrogens with one attached hydrogen (secondary N) is 1. The van der Waals surface area contributed by atoms with E-state index < -0.39 is 5.91 Å². The largest absolute Gasteiger partial charge is 0.384 e. The first-order valence-electron chi connectivity index (χ1n) is 6.05. The Morgan fingerprint density at radius 1 is 1.26 bits per heavy atom. The molecule has 0 aromatic carbocycles. The molecule has 19 heavy (non-hydrogen) atoms. The summed E-state index contributed by atoms with van der Waals surface area (Å²) in [4.78, 5) is 27.3. The van der Waals surface area contributed by atoms with Gasteiger partial charge >= 0.3 is 0 Å². The Morgan fingerprint density at radius 3 is 2.68 bits per heavy atom. The number of hydrogen-bond acceptors (Lipinski definition) is 4. The molecule has 6 nitrogen and oxygen atoms in total.